The van der Waals surface area contributed by atoms with Gasteiger partial charge in [-0.15, -0.1) is 0 Å². The minimum absolute atomic E-state index is 0.0340. The fraction of sp³-hybridized carbons (Fsp3) is 0.875. The van der Waals surface area contributed by atoms with E-state index in [0.29, 0.717) is 12.1 Å². The fourth-order valence-corrected chi connectivity index (χ4v) is 1.38. The van der Waals surface area contributed by atoms with Crippen molar-refractivity contribution in [2.75, 3.05) is 13.1 Å². The van der Waals surface area contributed by atoms with Crippen LogP contribution in [-0.4, -0.2) is 31.1 Å². The van der Waals surface area contributed by atoms with Crippen LogP contribution in [0, 0.1) is 0 Å². The molecule has 1 amide bonds. The first-order chi connectivity index (χ1) is 5.68. The van der Waals surface area contributed by atoms with Gasteiger partial charge in [0.15, 0.2) is 0 Å². The number of rotatable bonds is 2. The molecular weight excluding hydrogens is 154 g/mol. The highest BCUT2D eigenvalue weighted by atomic mass is 16.1. The predicted octanol–water partition coefficient (Wildman–Crippen LogP) is -0.798. The summed E-state index contributed by atoms with van der Waals surface area (Å²) in [7, 11) is 0. The highest BCUT2D eigenvalue weighted by Crippen LogP contribution is 2.04. The van der Waals surface area contributed by atoms with Crippen LogP contribution in [0.4, 0.5) is 0 Å². The Balaban J connectivity index is 2.13. The molecule has 4 N–H and O–H groups in total. The highest BCUT2D eigenvalue weighted by Gasteiger charge is 2.17. The second-order valence-electron chi connectivity index (χ2n) is 3.38. The molecule has 0 spiro atoms. The lowest BCUT2D eigenvalue weighted by Gasteiger charge is -2.27. The summed E-state index contributed by atoms with van der Waals surface area (Å²) in [5.41, 5.74) is 5.70. The van der Waals surface area contributed by atoms with Crippen LogP contribution in [0.5, 0.6) is 0 Å². The maximum absolute atomic E-state index is 10.6. The summed E-state index contributed by atoms with van der Waals surface area (Å²) in [6.07, 6.45) is 2.11. The lowest BCUT2D eigenvalue weighted by Crippen LogP contribution is -2.49. The Bertz CT molecular complexity index is 152. The third-order valence-electron chi connectivity index (χ3n) is 2.15. The maximum atomic E-state index is 10.6. The summed E-state index contributed by atoms with van der Waals surface area (Å²) in [5, 5.41) is 6.07. The Morgan fingerprint density at radius 1 is 1.67 bits per heavy atom. The quantitative estimate of drug-likeness (QED) is 0.509. The topological polar surface area (TPSA) is 67.2 Å². The van der Waals surface area contributed by atoms with Crippen LogP contribution in [0.1, 0.15) is 19.8 Å². The third-order valence-corrected chi connectivity index (χ3v) is 2.15. The standard InChI is InChI=1S/C8H17N3O/c1-6(12)10-5-8-3-2-7(9)4-11-8/h7-8,11H,2-5,9H2,1H3,(H,10,12). The molecule has 0 aliphatic carbocycles. The number of amides is 1. The van der Waals surface area contributed by atoms with E-state index in [1.165, 1.54) is 6.92 Å². The zero-order chi connectivity index (χ0) is 8.97. The molecule has 0 radical (unpaired) electrons. The van der Waals surface area contributed by atoms with Gasteiger partial charge in [-0.1, -0.05) is 0 Å². The third kappa shape index (κ3) is 3.19. The van der Waals surface area contributed by atoms with E-state index in [2.05, 4.69) is 10.6 Å². The molecular formula is C8H17N3O. The van der Waals surface area contributed by atoms with Gasteiger partial charge in [-0.05, 0) is 12.8 Å². The predicted molar refractivity (Wildman–Crippen MR) is 47.7 cm³/mol. The molecule has 12 heavy (non-hydrogen) atoms. The Morgan fingerprint density at radius 3 is 2.92 bits per heavy atom. The van der Waals surface area contributed by atoms with E-state index in [1.54, 1.807) is 0 Å². The van der Waals surface area contributed by atoms with Gasteiger partial charge in [-0.3, -0.25) is 4.79 Å². The number of carbonyl (C=O) groups is 1. The Labute approximate surface area is 72.9 Å². The smallest absolute Gasteiger partial charge is 0.216 e. The van der Waals surface area contributed by atoms with Gasteiger partial charge in [0.2, 0.25) is 5.91 Å². The minimum Gasteiger partial charge on any atom is -0.355 e. The van der Waals surface area contributed by atoms with E-state index >= 15 is 0 Å². The molecule has 1 rings (SSSR count). The highest BCUT2D eigenvalue weighted by molar-refractivity contribution is 5.72. The summed E-state index contributed by atoms with van der Waals surface area (Å²) < 4.78 is 0. The number of hydrogen-bond donors (Lipinski definition) is 3. The molecule has 1 fully saturated rings. The van der Waals surface area contributed by atoms with E-state index in [1.807, 2.05) is 0 Å². The van der Waals surface area contributed by atoms with Crippen LogP contribution in [-0.2, 0) is 4.79 Å². The molecule has 2 atom stereocenters. The van der Waals surface area contributed by atoms with Gasteiger partial charge in [-0.2, -0.15) is 0 Å². The Kier molecular flexibility index (Phi) is 3.49. The van der Waals surface area contributed by atoms with Crippen molar-refractivity contribution in [3.63, 3.8) is 0 Å². The van der Waals surface area contributed by atoms with Gasteiger partial charge in [0.25, 0.3) is 0 Å². The van der Waals surface area contributed by atoms with E-state index in [4.69, 9.17) is 5.73 Å². The second kappa shape index (κ2) is 4.42. The average Bonchev–Trinajstić information content (AvgIpc) is 2.03. The first-order valence-corrected chi connectivity index (χ1v) is 4.42. The molecule has 4 heteroatoms. The van der Waals surface area contributed by atoms with Crippen molar-refractivity contribution in [3.05, 3.63) is 0 Å². The molecule has 1 aliphatic rings. The summed E-state index contributed by atoms with van der Waals surface area (Å²) in [5.74, 6) is 0.0340. The van der Waals surface area contributed by atoms with Crippen molar-refractivity contribution >= 4 is 5.91 Å². The number of nitrogens with one attached hydrogen (secondary N) is 2. The number of nitrogens with two attached hydrogens (primary N) is 1. The fourth-order valence-electron chi connectivity index (χ4n) is 1.38. The van der Waals surface area contributed by atoms with Crippen molar-refractivity contribution < 1.29 is 4.79 Å². The molecule has 1 aliphatic heterocycles. The van der Waals surface area contributed by atoms with Crippen LogP contribution < -0.4 is 16.4 Å². The first-order valence-electron chi connectivity index (χ1n) is 4.42. The molecule has 1 saturated heterocycles. The van der Waals surface area contributed by atoms with Gasteiger partial charge < -0.3 is 16.4 Å². The average molecular weight is 171 g/mol. The van der Waals surface area contributed by atoms with Gasteiger partial charge in [0, 0.05) is 32.1 Å². The minimum atomic E-state index is 0.0340. The summed E-state index contributed by atoms with van der Waals surface area (Å²) in [6, 6.07) is 0.701. The van der Waals surface area contributed by atoms with E-state index in [9.17, 15) is 4.79 Å². The maximum Gasteiger partial charge on any atom is 0.216 e. The van der Waals surface area contributed by atoms with E-state index in [-0.39, 0.29) is 5.91 Å². The lowest BCUT2D eigenvalue weighted by molar-refractivity contribution is -0.119. The molecule has 70 valence electrons. The van der Waals surface area contributed by atoms with E-state index < -0.39 is 0 Å². The van der Waals surface area contributed by atoms with Crippen molar-refractivity contribution in [1.29, 1.82) is 0 Å². The summed E-state index contributed by atoms with van der Waals surface area (Å²) in [4.78, 5) is 10.6. The molecule has 2 unspecified atom stereocenters. The second-order valence-corrected chi connectivity index (χ2v) is 3.38. The van der Waals surface area contributed by atoms with Crippen LogP contribution >= 0.6 is 0 Å². The van der Waals surface area contributed by atoms with E-state index in [0.717, 1.165) is 25.9 Å². The van der Waals surface area contributed by atoms with Crippen molar-refractivity contribution in [1.82, 2.24) is 10.6 Å². The lowest BCUT2D eigenvalue weighted by atomic mass is 10.0. The van der Waals surface area contributed by atoms with Gasteiger partial charge in [0.1, 0.15) is 0 Å². The molecule has 0 saturated carbocycles. The van der Waals surface area contributed by atoms with Crippen LogP contribution in [0.3, 0.4) is 0 Å². The Morgan fingerprint density at radius 2 is 2.42 bits per heavy atom. The SMILES string of the molecule is CC(=O)NCC1CCC(N)CN1. The van der Waals surface area contributed by atoms with Gasteiger partial charge in [0.05, 0.1) is 0 Å². The molecule has 0 aromatic heterocycles. The zero-order valence-corrected chi connectivity index (χ0v) is 7.47. The Hall–Kier alpha value is -0.610. The van der Waals surface area contributed by atoms with Crippen LogP contribution in [0.15, 0.2) is 0 Å². The molecule has 0 bridgehead atoms. The number of hydrogen-bond acceptors (Lipinski definition) is 3. The van der Waals surface area contributed by atoms with Crippen LogP contribution in [0.2, 0.25) is 0 Å². The summed E-state index contributed by atoms with van der Waals surface area (Å²) in [6.45, 7) is 3.13. The van der Waals surface area contributed by atoms with Crippen molar-refractivity contribution in [2.24, 2.45) is 5.73 Å². The normalized spacial score (nSPS) is 29.8. The molecule has 0 aromatic carbocycles. The van der Waals surface area contributed by atoms with Gasteiger partial charge in [-0.25, -0.2) is 0 Å². The monoisotopic (exact) mass is 171 g/mol. The zero-order valence-electron chi connectivity index (χ0n) is 7.47. The van der Waals surface area contributed by atoms with Crippen molar-refractivity contribution in [2.45, 2.75) is 31.8 Å². The number of piperidine rings is 1. The molecule has 1 heterocycles. The van der Waals surface area contributed by atoms with Crippen LogP contribution in [0.25, 0.3) is 0 Å². The number of carbonyl (C=O) groups excluding carboxylic acids is 1. The van der Waals surface area contributed by atoms with Gasteiger partial charge >= 0.3 is 0 Å². The molecule has 0 aromatic rings. The largest absolute Gasteiger partial charge is 0.355 e. The first kappa shape index (κ1) is 9.48. The molecule has 4 nitrogen and oxygen atoms in total. The summed E-state index contributed by atoms with van der Waals surface area (Å²) >= 11 is 0. The van der Waals surface area contributed by atoms with Crippen molar-refractivity contribution in [3.8, 4) is 0 Å².